The number of carbonyl (C=O) groups is 4. The summed E-state index contributed by atoms with van der Waals surface area (Å²) in [6, 6.07) is 1.40. The molecule has 0 aromatic heterocycles. The van der Waals surface area contributed by atoms with E-state index in [1.165, 1.54) is 6.07 Å². The van der Waals surface area contributed by atoms with Crippen molar-refractivity contribution in [1.82, 2.24) is 10.2 Å². The van der Waals surface area contributed by atoms with Crippen molar-refractivity contribution in [2.45, 2.75) is 38.6 Å². The molecule has 24 heavy (non-hydrogen) atoms. The van der Waals surface area contributed by atoms with Gasteiger partial charge in [-0.2, -0.15) is 0 Å². The Morgan fingerprint density at radius 3 is 2.21 bits per heavy atom. The van der Waals surface area contributed by atoms with E-state index in [2.05, 4.69) is 5.32 Å². The standard InChI is InChI=1S/C17H17FN2O4/c1-17(2,3)10-4-8-9(5-11(10)18)16(24)20(15(8)23)12-7-19-14(22)6-13(12)21/h4-5,12H,6-7H2,1-3H3,(H,19,22)/t12-/m0/s1. The maximum absolute atomic E-state index is 14.3. The van der Waals surface area contributed by atoms with Crippen LogP contribution in [0.5, 0.6) is 0 Å². The highest BCUT2D eigenvalue weighted by Gasteiger charge is 2.45. The zero-order chi connectivity index (χ0) is 17.8. The predicted octanol–water partition coefficient (Wildman–Crippen LogP) is 1.18. The average Bonchev–Trinajstić information content (AvgIpc) is 2.69. The van der Waals surface area contributed by atoms with Crippen molar-refractivity contribution in [2.75, 3.05) is 6.54 Å². The fraction of sp³-hybridized carbons (Fsp3) is 0.412. The lowest BCUT2D eigenvalue weighted by atomic mass is 9.85. The number of fused-ring (bicyclic) bond motifs is 1. The third kappa shape index (κ3) is 2.40. The molecule has 0 aliphatic carbocycles. The minimum absolute atomic E-state index is 0.0461. The Kier molecular flexibility index (Phi) is 3.55. The lowest BCUT2D eigenvalue weighted by molar-refractivity contribution is -0.133. The summed E-state index contributed by atoms with van der Waals surface area (Å²) in [7, 11) is 0. The lowest BCUT2D eigenvalue weighted by Crippen LogP contribution is -2.55. The van der Waals surface area contributed by atoms with Gasteiger partial charge in [0.05, 0.1) is 17.5 Å². The predicted molar refractivity (Wildman–Crippen MR) is 82.0 cm³/mol. The van der Waals surface area contributed by atoms with E-state index in [1.807, 2.05) is 0 Å². The number of ketones is 1. The molecule has 7 heteroatoms. The molecule has 1 atom stereocenters. The van der Waals surface area contributed by atoms with Crippen LogP contribution >= 0.6 is 0 Å². The van der Waals surface area contributed by atoms with Gasteiger partial charge in [0.25, 0.3) is 11.8 Å². The summed E-state index contributed by atoms with van der Waals surface area (Å²) in [5.41, 5.74) is -0.163. The van der Waals surface area contributed by atoms with Crippen LogP contribution in [-0.4, -0.2) is 41.0 Å². The van der Waals surface area contributed by atoms with E-state index in [4.69, 9.17) is 0 Å². The average molecular weight is 332 g/mol. The second kappa shape index (κ2) is 5.22. The molecular formula is C17H17FN2O4. The van der Waals surface area contributed by atoms with Crippen molar-refractivity contribution in [3.05, 3.63) is 34.6 Å². The zero-order valence-electron chi connectivity index (χ0n) is 13.6. The van der Waals surface area contributed by atoms with Crippen LogP contribution in [0.2, 0.25) is 0 Å². The number of benzene rings is 1. The highest BCUT2D eigenvalue weighted by atomic mass is 19.1. The van der Waals surface area contributed by atoms with Crippen LogP contribution in [0, 0.1) is 5.82 Å². The quantitative estimate of drug-likeness (QED) is 0.618. The maximum Gasteiger partial charge on any atom is 0.262 e. The molecule has 0 spiro atoms. The zero-order valence-corrected chi connectivity index (χ0v) is 13.6. The molecule has 3 rings (SSSR count). The van der Waals surface area contributed by atoms with Crippen LogP contribution < -0.4 is 5.32 Å². The van der Waals surface area contributed by atoms with E-state index >= 15 is 0 Å². The van der Waals surface area contributed by atoms with Crippen LogP contribution in [0.25, 0.3) is 0 Å². The molecule has 0 radical (unpaired) electrons. The Morgan fingerprint density at radius 1 is 1.08 bits per heavy atom. The molecule has 1 N–H and O–H groups in total. The minimum Gasteiger partial charge on any atom is -0.353 e. The van der Waals surface area contributed by atoms with Gasteiger partial charge in [-0.15, -0.1) is 0 Å². The van der Waals surface area contributed by atoms with Crippen molar-refractivity contribution >= 4 is 23.5 Å². The first-order valence-corrected chi connectivity index (χ1v) is 7.62. The monoisotopic (exact) mass is 332 g/mol. The summed E-state index contributed by atoms with van der Waals surface area (Å²) in [4.78, 5) is 49.3. The van der Waals surface area contributed by atoms with Crippen molar-refractivity contribution in [3.63, 3.8) is 0 Å². The number of carbonyl (C=O) groups excluding carboxylic acids is 4. The van der Waals surface area contributed by atoms with Crippen molar-refractivity contribution < 1.29 is 23.6 Å². The Hall–Kier alpha value is -2.57. The van der Waals surface area contributed by atoms with Crippen molar-refractivity contribution in [1.29, 1.82) is 0 Å². The van der Waals surface area contributed by atoms with E-state index in [9.17, 15) is 23.6 Å². The number of nitrogens with zero attached hydrogens (tertiary/aromatic N) is 1. The molecule has 2 heterocycles. The second-order valence-electron chi connectivity index (χ2n) is 7.07. The van der Waals surface area contributed by atoms with Gasteiger partial charge < -0.3 is 5.32 Å². The SMILES string of the molecule is CC(C)(C)c1cc2c(cc1F)C(=O)N([C@H]1CNC(=O)CC1=O)C2=O. The number of Topliss-reactive ketones (excluding diaryl/α,β-unsaturated/α-hetero) is 1. The Bertz CT molecular complexity index is 795. The number of imide groups is 1. The minimum atomic E-state index is -1.05. The Morgan fingerprint density at radius 2 is 1.67 bits per heavy atom. The van der Waals surface area contributed by atoms with E-state index in [-0.39, 0.29) is 24.1 Å². The molecule has 0 unspecified atom stereocenters. The van der Waals surface area contributed by atoms with Gasteiger partial charge in [0.2, 0.25) is 5.91 Å². The number of nitrogens with one attached hydrogen (secondary N) is 1. The smallest absolute Gasteiger partial charge is 0.262 e. The summed E-state index contributed by atoms with van der Waals surface area (Å²) in [6.07, 6.45) is -0.375. The van der Waals surface area contributed by atoms with E-state index in [0.29, 0.717) is 5.56 Å². The first kappa shape index (κ1) is 16.3. The summed E-state index contributed by atoms with van der Waals surface area (Å²) in [5, 5.41) is 2.47. The number of hydrogen-bond donors (Lipinski definition) is 1. The van der Waals surface area contributed by atoms with Gasteiger partial charge >= 0.3 is 0 Å². The molecule has 0 saturated carbocycles. The van der Waals surface area contributed by atoms with E-state index < -0.39 is 40.8 Å². The van der Waals surface area contributed by atoms with Gasteiger partial charge in [-0.1, -0.05) is 20.8 Å². The number of piperidine rings is 1. The molecule has 0 bridgehead atoms. The summed E-state index contributed by atoms with van der Waals surface area (Å²) in [6.45, 7) is 5.29. The third-order valence-electron chi connectivity index (χ3n) is 4.32. The van der Waals surface area contributed by atoms with Crippen LogP contribution in [0.15, 0.2) is 12.1 Å². The van der Waals surface area contributed by atoms with E-state index in [1.54, 1.807) is 20.8 Å². The van der Waals surface area contributed by atoms with Crippen LogP contribution in [-0.2, 0) is 15.0 Å². The number of halogens is 1. The van der Waals surface area contributed by atoms with Gasteiger partial charge in [-0.3, -0.25) is 24.1 Å². The first-order chi connectivity index (χ1) is 11.1. The highest BCUT2D eigenvalue weighted by molar-refractivity contribution is 6.23. The topological polar surface area (TPSA) is 83.6 Å². The van der Waals surface area contributed by atoms with Crippen molar-refractivity contribution in [3.8, 4) is 0 Å². The lowest BCUT2D eigenvalue weighted by Gasteiger charge is -2.28. The van der Waals surface area contributed by atoms with Crippen LogP contribution in [0.4, 0.5) is 4.39 Å². The van der Waals surface area contributed by atoms with Crippen LogP contribution in [0.1, 0.15) is 53.5 Å². The maximum atomic E-state index is 14.3. The first-order valence-electron chi connectivity index (χ1n) is 7.62. The van der Waals surface area contributed by atoms with Crippen LogP contribution in [0.3, 0.4) is 0 Å². The fourth-order valence-corrected chi connectivity index (χ4v) is 3.03. The molecular weight excluding hydrogens is 315 g/mol. The molecule has 3 amide bonds. The molecule has 1 saturated heterocycles. The molecule has 1 aromatic rings. The fourth-order valence-electron chi connectivity index (χ4n) is 3.03. The molecule has 1 fully saturated rings. The van der Waals surface area contributed by atoms with Crippen molar-refractivity contribution in [2.24, 2.45) is 0 Å². The third-order valence-corrected chi connectivity index (χ3v) is 4.32. The summed E-state index contributed by atoms with van der Waals surface area (Å²) >= 11 is 0. The number of amides is 3. The number of hydrogen-bond acceptors (Lipinski definition) is 4. The highest BCUT2D eigenvalue weighted by Crippen LogP contribution is 2.33. The molecule has 126 valence electrons. The van der Waals surface area contributed by atoms with Gasteiger partial charge in [0, 0.05) is 6.54 Å². The molecule has 2 aliphatic heterocycles. The summed E-state index contributed by atoms with van der Waals surface area (Å²) in [5.74, 6) is -2.83. The molecule has 1 aromatic carbocycles. The summed E-state index contributed by atoms with van der Waals surface area (Å²) < 4.78 is 14.3. The molecule has 6 nitrogen and oxygen atoms in total. The van der Waals surface area contributed by atoms with Gasteiger partial charge in [0.15, 0.2) is 5.78 Å². The molecule has 2 aliphatic rings. The Balaban J connectivity index is 2.03. The number of rotatable bonds is 1. The normalized spacial score (nSPS) is 21.2. The second-order valence-corrected chi connectivity index (χ2v) is 7.07. The van der Waals surface area contributed by atoms with Gasteiger partial charge in [-0.05, 0) is 23.1 Å². The largest absolute Gasteiger partial charge is 0.353 e. The van der Waals surface area contributed by atoms with Gasteiger partial charge in [0.1, 0.15) is 11.9 Å². The van der Waals surface area contributed by atoms with E-state index in [0.717, 1.165) is 11.0 Å². The Labute approximate surface area is 138 Å². The van der Waals surface area contributed by atoms with Gasteiger partial charge in [-0.25, -0.2) is 4.39 Å².